The Kier molecular flexibility index (Phi) is 6.50. The summed E-state index contributed by atoms with van der Waals surface area (Å²) in [5.74, 6) is 0.667. The number of benzene rings is 3. The number of carbonyl (C=O) groups excluding carboxylic acids is 1. The molecule has 0 radical (unpaired) electrons. The van der Waals surface area contributed by atoms with Crippen molar-refractivity contribution in [1.29, 1.82) is 0 Å². The maximum Gasteiger partial charge on any atom is 0.251 e. The monoisotopic (exact) mass is 449 g/mol. The van der Waals surface area contributed by atoms with Gasteiger partial charge in [-0.15, -0.1) is 0 Å². The fraction of sp³-hybridized carbons (Fsp3) is 0.0833. The zero-order valence-corrected chi connectivity index (χ0v) is 18.3. The molecular weight excluding hydrogens is 430 g/mol. The van der Waals surface area contributed by atoms with Crippen molar-refractivity contribution in [2.24, 2.45) is 0 Å². The van der Waals surface area contributed by atoms with Gasteiger partial charge in [-0.3, -0.25) is 4.79 Å². The Labute approximate surface area is 189 Å². The Morgan fingerprint density at radius 3 is 2.39 bits per heavy atom. The average Bonchev–Trinajstić information content (AvgIpc) is 3.27. The molecule has 3 aromatic carbocycles. The highest BCUT2D eigenvalue weighted by atomic mass is 35.5. The number of carbonyl (C=O) groups is 1. The van der Waals surface area contributed by atoms with Crippen molar-refractivity contribution in [1.82, 2.24) is 10.3 Å². The van der Waals surface area contributed by atoms with Crippen LogP contribution in [0.3, 0.4) is 0 Å². The molecule has 0 atom stereocenters. The van der Waals surface area contributed by atoms with Crippen LogP contribution in [-0.4, -0.2) is 18.0 Å². The fourth-order valence-electron chi connectivity index (χ4n) is 2.94. The zero-order valence-electron chi connectivity index (χ0n) is 16.8. The molecule has 0 unspecified atom stereocenters. The first-order valence-electron chi connectivity index (χ1n) is 9.61. The summed E-state index contributed by atoms with van der Waals surface area (Å²) >= 11 is 7.50. The maximum absolute atomic E-state index is 12.4. The number of nitrogens with zero attached hydrogens (tertiary/aromatic N) is 1. The highest BCUT2D eigenvalue weighted by Gasteiger charge is 2.08. The van der Waals surface area contributed by atoms with Crippen LogP contribution < -0.4 is 15.4 Å². The van der Waals surface area contributed by atoms with E-state index in [2.05, 4.69) is 15.6 Å². The van der Waals surface area contributed by atoms with Crippen molar-refractivity contribution in [3.63, 3.8) is 0 Å². The molecule has 0 saturated carbocycles. The number of methoxy groups -OCH3 is 1. The Morgan fingerprint density at radius 2 is 1.71 bits per heavy atom. The minimum atomic E-state index is -0.123. The predicted molar refractivity (Wildman–Crippen MR) is 126 cm³/mol. The molecule has 2 N–H and O–H groups in total. The quantitative estimate of drug-likeness (QED) is 0.355. The Hall–Kier alpha value is -3.35. The highest BCUT2D eigenvalue weighted by Crippen LogP contribution is 2.31. The van der Waals surface area contributed by atoms with E-state index < -0.39 is 0 Å². The van der Waals surface area contributed by atoms with Crippen molar-refractivity contribution < 1.29 is 9.53 Å². The molecule has 1 amide bonds. The summed E-state index contributed by atoms with van der Waals surface area (Å²) < 4.78 is 5.14. The lowest BCUT2D eigenvalue weighted by atomic mass is 10.1. The van der Waals surface area contributed by atoms with Crippen LogP contribution in [0, 0.1) is 0 Å². The molecule has 0 fully saturated rings. The van der Waals surface area contributed by atoms with Crippen molar-refractivity contribution in [2.75, 3.05) is 12.4 Å². The molecule has 0 aliphatic heterocycles. The molecule has 0 spiro atoms. The van der Waals surface area contributed by atoms with E-state index in [1.807, 2.05) is 66.9 Å². The molecule has 0 bridgehead atoms. The normalized spacial score (nSPS) is 10.5. The van der Waals surface area contributed by atoms with E-state index >= 15 is 0 Å². The maximum atomic E-state index is 12.4. The second kappa shape index (κ2) is 9.64. The molecular formula is C24H20ClN3O2S. The summed E-state index contributed by atoms with van der Waals surface area (Å²) in [5.41, 5.74) is 3.54. The van der Waals surface area contributed by atoms with Crippen LogP contribution in [-0.2, 0) is 6.54 Å². The second-order valence-electron chi connectivity index (χ2n) is 6.77. The fourth-order valence-corrected chi connectivity index (χ4v) is 3.90. The van der Waals surface area contributed by atoms with Crippen LogP contribution in [0.25, 0.3) is 10.4 Å². The van der Waals surface area contributed by atoms with Crippen molar-refractivity contribution in [2.45, 2.75) is 6.54 Å². The predicted octanol–water partition coefficient (Wildman–Crippen LogP) is 6.15. The largest absolute Gasteiger partial charge is 0.497 e. The smallest absolute Gasteiger partial charge is 0.251 e. The third kappa shape index (κ3) is 5.42. The Bertz CT molecular complexity index is 1160. The van der Waals surface area contributed by atoms with E-state index in [-0.39, 0.29) is 5.91 Å². The van der Waals surface area contributed by atoms with Crippen LogP contribution in [0.1, 0.15) is 15.9 Å². The summed E-state index contributed by atoms with van der Waals surface area (Å²) in [6, 6.07) is 22.6. The summed E-state index contributed by atoms with van der Waals surface area (Å²) in [6.07, 6.45) is 1.83. The lowest BCUT2D eigenvalue weighted by molar-refractivity contribution is 0.0951. The van der Waals surface area contributed by atoms with Gasteiger partial charge in [0.15, 0.2) is 5.13 Å². The van der Waals surface area contributed by atoms with Crippen LogP contribution >= 0.6 is 22.9 Å². The lowest BCUT2D eigenvalue weighted by Crippen LogP contribution is -2.22. The number of hydrogen-bond acceptors (Lipinski definition) is 5. The summed E-state index contributed by atoms with van der Waals surface area (Å²) in [7, 11) is 1.63. The van der Waals surface area contributed by atoms with Gasteiger partial charge in [0.1, 0.15) is 5.75 Å². The van der Waals surface area contributed by atoms with Crippen molar-refractivity contribution in [3.05, 3.63) is 95.1 Å². The summed E-state index contributed by atoms with van der Waals surface area (Å²) in [6.45, 7) is 0.454. The first-order chi connectivity index (χ1) is 15.1. The van der Waals surface area contributed by atoms with Gasteiger partial charge in [-0.05, 0) is 59.7 Å². The van der Waals surface area contributed by atoms with Gasteiger partial charge < -0.3 is 15.4 Å². The molecule has 7 heteroatoms. The topological polar surface area (TPSA) is 63.2 Å². The van der Waals surface area contributed by atoms with Gasteiger partial charge in [-0.1, -0.05) is 47.2 Å². The number of hydrogen-bond donors (Lipinski definition) is 2. The van der Waals surface area contributed by atoms with E-state index in [1.54, 1.807) is 30.6 Å². The van der Waals surface area contributed by atoms with E-state index in [9.17, 15) is 4.79 Å². The Balaban J connectivity index is 1.34. The molecule has 0 aliphatic carbocycles. The van der Waals surface area contributed by atoms with E-state index in [0.717, 1.165) is 32.6 Å². The molecule has 0 aliphatic rings. The van der Waals surface area contributed by atoms with Crippen molar-refractivity contribution >= 4 is 39.7 Å². The minimum absolute atomic E-state index is 0.123. The number of aromatic nitrogens is 1. The van der Waals surface area contributed by atoms with Gasteiger partial charge in [0, 0.05) is 29.0 Å². The molecule has 4 rings (SSSR count). The van der Waals surface area contributed by atoms with Gasteiger partial charge in [0.2, 0.25) is 0 Å². The van der Waals surface area contributed by atoms with E-state index in [4.69, 9.17) is 16.3 Å². The third-order valence-electron chi connectivity index (χ3n) is 4.64. The van der Waals surface area contributed by atoms with Crippen LogP contribution in [0.15, 0.2) is 79.0 Å². The zero-order chi connectivity index (χ0) is 21.6. The molecule has 0 saturated heterocycles. The van der Waals surface area contributed by atoms with Gasteiger partial charge in [0.05, 0.1) is 12.0 Å². The first kappa shape index (κ1) is 20.9. The standard InChI is InChI=1S/C24H20ClN3O2S/c1-30-21-12-2-16(3-13-21)14-26-23(29)18-6-10-20(11-7-18)28-24-27-15-22(31-24)17-4-8-19(25)9-5-17/h2-13,15H,14H2,1H3,(H,26,29)(H,27,28). The number of rotatable bonds is 7. The first-order valence-corrected chi connectivity index (χ1v) is 10.8. The summed E-state index contributed by atoms with van der Waals surface area (Å²) in [4.78, 5) is 17.9. The van der Waals surface area contributed by atoms with Gasteiger partial charge in [-0.2, -0.15) is 0 Å². The van der Waals surface area contributed by atoms with E-state index in [0.29, 0.717) is 17.1 Å². The van der Waals surface area contributed by atoms with Gasteiger partial charge in [-0.25, -0.2) is 4.98 Å². The number of nitrogens with one attached hydrogen (secondary N) is 2. The highest BCUT2D eigenvalue weighted by molar-refractivity contribution is 7.18. The molecule has 5 nitrogen and oxygen atoms in total. The van der Waals surface area contributed by atoms with Gasteiger partial charge in [0.25, 0.3) is 5.91 Å². The molecule has 31 heavy (non-hydrogen) atoms. The minimum Gasteiger partial charge on any atom is -0.497 e. The van der Waals surface area contributed by atoms with Crippen LogP contribution in [0.5, 0.6) is 5.75 Å². The van der Waals surface area contributed by atoms with E-state index in [1.165, 1.54) is 0 Å². The SMILES string of the molecule is COc1ccc(CNC(=O)c2ccc(Nc3ncc(-c4ccc(Cl)cc4)s3)cc2)cc1. The van der Waals surface area contributed by atoms with Crippen molar-refractivity contribution in [3.8, 4) is 16.2 Å². The second-order valence-corrected chi connectivity index (χ2v) is 8.24. The molecule has 4 aromatic rings. The number of anilines is 2. The Morgan fingerprint density at radius 1 is 1.00 bits per heavy atom. The lowest BCUT2D eigenvalue weighted by Gasteiger charge is -2.08. The molecule has 1 aromatic heterocycles. The van der Waals surface area contributed by atoms with Gasteiger partial charge >= 0.3 is 0 Å². The number of halogens is 1. The number of amides is 1. The van der Waals surface area contributed by atoms with Crippen LogP contribution in [0.2, 0.25) is 5.02 Å². The third-order valence-corrected chi connectivity index (χ3v) is 5.86. The van der Waals surface area contributed by atoms with Crippen LogP contribution in [0.4, 0.5) is 10.8 Å². The average molecular weight is 450 g/mol. The number of thiazole rings is 1. The molecule has 1 heterocycles. The molecule has 156 valence electrons. The number of ether oxygens (including phenoxy) is 1. The summed E-state index contributed by atoms with van der Waals surface area (Å²) in [5, 5.41) is 7.69.